The molecule has 1 heterocycles. The van der Waals surface area contributed by atoms with Gasteiger partial charge >= 0.3 is 5.97 Å². The smallest absolute Gasteiger partial charge is 0.312 e. The summed E-state index contributed by atoms with van der Waals surface area (Å²) in [6.07, 6.45) is 5.50. The summed E-state index contributed by atoms with van der Waals surface area (Å²) in [4.78, 5) is 11.9. The topological polar surface area (TPSA) is 26.3 Å². The van der Waals surface area contributed by atoms with Crippen molar-refractivity contribution in [3.8, 4) is 0 Å². The van der Waals surface area contributed by atoms with Gasteiger partial charge in [-0.1, -0.05) is 33.3 Å². The van der Waals surface area contributed by atoms with Gasteiger partial charge in [0, 0.05) is 6.42 Å². The van der Waals surface area contributed by atoms with Gasteiger partial charge in [0.05, 0.1) is 5.41 Å². The summed E-state index contributed by atoms with van der Waals surface area (Å²) in [6.45, 7) is 10.1. The number of esters is 1. The first-order valence-corrected chi connectivity index (χ1v) is 5.87. The predicted octanol–water partition coefficient (Wildman–Crippen LogP) is 3.32. The summed E-state index contributed by atoms with van der Waals surface area (Å²) >= 11 is 0. The molecule has 0 aromatic rings. The van der Waals surface area contributed by atoms with Crippen LogP contribution in [0.4, 0.5) is 0 Å². The lowest BCUT2D eigenvalue weighted by molar-refractivity contribution is -0.150. The minimum absolute atomic E-state index is 0.0112. The van der Waals surface area contributed by atoms with Crippen molar-refractivity contribution in [2.45, 2.75) is 52.6 Å². The van der Waals surface area contributed by atoms with Gasteiger partial charge in [-0.3, -0.25) is 4.79 Å². The van der Waals surface area contributed by atoms with E-state index in [1.54, 1.807) is 0 Å². The monoisotopic (exact) mass is 210 g/mol. The van der Waals surface area contributed by atoms with Crippen LogP contribution >= 0.6 is 0 Å². The molecule has 0 spiro atoms. The second kappa shape index (κ2) is 4.82. The maximum atomic E-state index is 11.9. The van der Waals surface area contributed by atoms with Crippen LogP contribution in [0.25, 0.3) is 0 Å². The van der Waals surface area contributed by atoms with Gasteiger partial charge in [-0.05, 0) is 18.8 Å². The second-order valence-corrected chi connectivity index (χ2v) is 4.92. The minimum Gasteiger partial charge on any atom is -0.462 e. The number of hydrogen-bond donors (Lipinski definition) is 0. The van der Waals surface area contributed by atoms with Crippen molar-refractivity contribution in [2.24, 2.45) is 11.3 Å². The molecule has 2 heteroatoms. The van der Waals surface area contributed by atoms with Crippen LogP contribution in [-0.2, 0) is 9.53 Å². The van der Waals surface area contributed by atoms with Gasteiger partial charge < -0.3 is 4.74 Å². The highest BCUT2D eigenvalue weighted by molar-refractivity contribution is 5.79. The molecule has 86 valence electrons. The van der Waals surface area contributed by atoms with Crippen molar-refractivity contribution < 1.29 is 9.53 Å². The van der Waals surface area contributed by atoms with Gasteiger partial charge in [0.2, 0.25) is 0 Å². The van der Waals surface area contributed by atoms with E-state index in [1.807, 2.05) is 6.08 Å². The van der Waals surface area contributed by atoms with Gasteiger partial charge in [-0.2, -0.15) is 0 Å². The lowest BCUT2D eigenvalue weighted by atomic mass is 9.76. The zero-order chi connectivity index (χ0) is 11.5. The normalized spacial score (nSPS) is 30.7. The van der Waals surface area contributed by atoms with Crippen molar-refractivity contribution in [3.63, 3.8) is 0 Å². The Balaban J connectivity index is 2.80. The fourth-order valence-corrected chi connectivity index (χ4v) is 2.37. The third-order valence-corrected chi connectivity index (χ3v) is 3.29. The lowest BCUT2D eigenvalue weighted by Crippen LogP contribution is -2.25. The second-order valence-electron chi connectivity index (χ2n) is 4.92. The SMILES string of the molecule is C=CC[C@@]1(CCC)C[C@H](C(C)C)OC1=O. The van der Waals surface area contributed by atoms with Crippen molar-refractivity contribution in [2.75, 3.05) is 0 Å². The Morgan fingerprint density at radius 3 is 2.73 bits per heavy atom. The molecule has 2 nitrogen and oxygen atoms in total. The molecule has 1 aliphatic rings. The predicted molar refractivity (Wildman–Crippen MR) is 61.5 cm³/mol. The van der Waals surface area contributed by atoms with Crippen LogP contribution in [0, 0.1) is 11.3 Å². The molecule has 0 bridgehead atoms. The highest BCUT2D eigenvalue weighted by Crippen LogP contribution is 2.43. The summed E-state index contributed by atoms with van der Waals surface area (Å²) in [5.41, 5.74) is -0.272. The molecule has 0 unspecified atom stereocenters. The van der Waals surface area contributed by atoms with E-state index in [9.17, 15) is 4.79 Å². The summed E-state index contributed by atoms with van der Waals surface area (Å²) in [6, 6.07) is 0. The highest BCUT2D eigenvalue weighted by atomic mass is 16.6. The first kappa shape index (κ1) is 12.3. The fraction of sp³-hybridized carbons (Fsp3) is 0.769. The van der Waals surface area contributed by atoms with E-state index in [4.69, 9.17) is 4.74 Å². The van der Waals surface area contributed by atoms with Crippen LogP contribution in [0.1, 0.15) is 46.5 Å². The Hall–Kier alpha value is -0.790. The summed E-state index contributed by atoms with van der Waals surface area (Å²) in [5, 5.41) is 0. The molecule has 1 aliphatic heterocycles. The van der Waals surface area contributed by atoms with E-state index in [1.165, 1.54) is 0 Å². The number of carbonyl (C=O) groups is 1. The molecule has 0 amide bonds. The lowest BCUT2D eigenvalue weighted by Gasteiger charge is -2.22. The molecule has 0 aromatic carbocycles. The molecule has 0 N–H and O–H groups in total. The quantitative estimate of drug-likeness (QED) is 0.514. The van der Waals surface area contributed by atoms with E-state index in [0.29, 0.717) is 5.92 Å². The zero-order valence-electron chi connectivity index (χ0n) is 10.1. The van der Waals surface area contributed by atoms with Crippen LogP contribution in [-0.4, -0.2) is 12.1 Å². The van der Waals surface area contributed by atoms with Gasteiger partial charge in [-0.15, -0.1) is 6.58 Å². The van der Waals surface area contributed by atoms with Gasteiger partial charge in [0.15, 0.2) is 0 Å². The number of cyclic esters (lactones) is 1. The molecule has 15 heavy (non-hydrogen) atoms. The van der Waals surface area contributed by atoms with Gasteiger partial charge in [0.25, 0.3) is 0 Å². The molecule has 1 saturated heterocycles. The van der Waals surface area contributed by atoms with Crippen LogP contribution in [0.5, 0.6) is 0 Å². The summed E-state index contributed by atoms with van der Waals surface area (Å²) in [7, 11) is 0. The zero-order valence-corrected chi connectivity index (χ0v) is 10.1. The molecule has 1 rings (SSSR count). The van der Waals surface area contributed by atoms with E-state index in [0.717, 1.165) is 25.7 Å². The fourth-order valence-electron chi connectivity index (χ4n) is 2.37. The van der Waals surface area contributed by atoms with Crippen LogP contribution in [0.3, 0.4) is 0 Å². The summed E-state index contributed by atoms with van der Waals surface area (Å²) < 4.78 is 5.46. The average molecular weight is 210 g/mol. The van der Waals surface area contributed by atoms with E-state index >= 15 is 0 Å². The Labute approximate surface area is 92.7 Å². The van der Waals surface area contributed by atoms with Crippen LogP contribution in [0.15, 0.2) is 12.7 Å². The minimum atomic E-state index is -0.272. The molecule has 2 atom stereocenters. The van der Waals surface area contributed by atoms with Crippen molar-refractivity contribution in [1.29, 1.82) is 0 Å². The number of rotatable bonds is 5. The first-order chi connectivity index (χ1) is 7.05. The maximum absolute atomic E-state index is 11.9. The van der Waals surface area contributed by atoms with Crippen molar-refractivity contribution >= 4 is 5.97 Å². The Kier molecular flexibility index (Phi) is 3.95. The van der Waals surface area contributed by atoms with Crippen molar-refractivity contribution in [3.05, 3.63) is 12.7 Å². The molecular formula is C13H22O2. The average Bonchev–Trinajstić information content (AvgIpc) is 2.46. The third-order valence-electron chi connectivity index (χ3n) is 3.29. The molecular weight excluding hydrogens is 188 g/mol. The number of carbonyl (C=O) groups excluding carboxylic acids is 1. The number of ether oxygens (including phenoxy) is 1. The first-order valence-electron chi connectivity index (χ1n) is 5.87. The molecule has 0 saturated carbocycles. The van der Waals surface area contributed by atoms with Crippen LogP contribution < -0.4 is 0 Å². The summed E-state index contributed by atoms with van der Waals surface area (Å²) in [5.74, 6) is 0.403. The molecule has 1 fully saturated rings. The van der Waals surface area contributed by atoms with E-state index in [-0.39, 0.29) is 17.5 Å². The van der Waals surface area contributed by atoms with Crippen molar-refractivity contribution in [1.82, 2.24) is 0 Å². The Morgan fingerprint density at radius 2 is 2.33 bits per heavy atom. The number of allylic oxidation sites excluding steroid dienone is 1. The molecule has 0 aliphatic carbocycles. The third kappa shape index (κ3) is 2.42. The maximum Gasteiger partial charge on any atom is 0.312 e. The number of hydrogen-bond acceptors (Lipinski definition) is 2. The highest BCUT2D eigenvalue weighted by Gasteiger charge is 2.47. The Morgan fingerprint density at radius 1 is 1.67 bits per heavy atom. The van der Waals surface area contributed by atoms with Crippen LogP contribution in [0.2, 0.25) is 0 Å². The van der Waals surface area contributed by atoms with Gasteiger partial charge in [0.1, 0.15) is 6.10 Å². The molecule has 0 radical (unpaired) electrons. The molecule has 0 aromatic heterocycles. The van der Waals surface area contributed by atoms with E-state index < -0.39 is 0 Å². The Bertz CT molecular complexity index is 245. The van der Waals surface area contributed by atoms with E-state index in [2.05, 4.69) is 27.4 Å². The largest absolute Gasteiger partial charge is 0.462 e. The standard InChI is InChI=1S/C13H22O2/c1-5-7-13(8-6-2)9-11(10(3)4)15-12(13)14/h5,10-11H,1,6-9H2,2-4H3/t11-,13-/m1/s1. The van der Waals surface area contributed by atoms with Gasteiger partial charge in [-0.25, -0.2) is 0 Å².